The first-order chi connectivity index (χ1) is 13.3. The number of hydrogen-bond donors (Lipinski definition) is 1. The number of rotatable bonds is 6. The van der Waals surface area contributed by atoms with Crippen molar-refractivity contribution in [2.75, 3.05) is 5.32 Å². The number of amides is 1. The molecule has 3 aromatic rings. The van der Waals surface area contributed by atoms with Crippen molar-refractivity contribution in [3.05, 3.63) is 59.2 Å². The quantitative estimate of drug-likeness (QED) is 0.551. The maximum Gasteiger partial charge on any atom is 0.277 e. The second kappa shape index (κ2) is 8.61. The summed E-state index contributed by atoms with van der Waals surface area (Å²) in [4.78, 5) is 12.6. The Morgan fingerprint density at radius 1 is 1.04 bits per heavy atom. The smallest absolute Gasteiger partial charge is 0.277 e. The van der Waals surface area contributed by atoms with Crippen LogP contribution in [-0.4, -0.2) is 21.4 Å². The van der Waals surface area contributed by atoms with Crippen LogP contribution in [0.5, 0.6) is 0 Å². The van der Waals surface area contributed by atoms with Crippen molar-refractivity contribution in [1.29, 1.82) is 0 Å². The molecule has 5 nitrogen and oxygen atoms in total. The molecule has 0 unspecified atom stereocenters. The van der Waals surface area contributed by atoms with Crippen LogP contribution in [0, 0.1) is 13.8 Å². The largest absolute Gasteiger partial charge is 0.411 e. The zero-order valence-electron chi connectivity index (χ0n) is 16.8. The third-order valence-corrected chi connectivity index (χ3v) is 5.58. The van der Waals surface area contributed by atoms with Gasteiger partial charge in [-0.15, -0.1) is 10.2 Å². The fourth-order valence-electron chi connectivity index (χ4n) is 2.80. The Labute approximate surface area is 170 Å². The number of nitrogens with zero attached hydrogens (tertiary/aromatic N) is 2. The number of nitrogens with one attached hydrogen (secondary N) is 1. The van der Waals surface area contributed by atoms with Gasteiger partial charge in [0.2, 0.25) is 11.8 Å². The average molecular weight is 396 g/mol. The number of carbonyl (C=O) groups excluding carboxylic acids is 1. The molecule has 1 atom stereocenters. The maximum absolute atomic E-state index is 12.6. The van der Waals surface area contributed by atoms with Crippen molar-refractivity contribution in [2.45, 2.75) is 51.0 Å². The number of aryl methyl sites for hydroxylation is 2. The van der Waals surface area contributed by atoms with Crippen LogP contribution in [0.15, 0.2) is 52.1 Å². The van der Waals surface area contributed by atoms with Crippen LogP contribution in [0.4, 0.5) is 5.69 Å². The van der Waals surface area contributed by atoms with Crippen LogP contribution < -0.4 is 5.32 Å². The van der Waals surface area contributed by atoms with E-state index in [-0.39, 0.29) is 11.2 Å². The van der Waals surface area contributed by atoms with E-state index >= 15 is 0 Å². The summed E-state index contributed by atoms with van der Waals surface area (Å²) >= 11 is 1.26. The van der Waals surface area contributed by atoms with E-state index in [0.717, 1.165) is 16.8 Å². The van der Waals surface area contributed by atoms with E-state index in [9.17, 15) is 4.79 Å². The Balaban J connectivity index is 1.68. The lowest BCUT2D eigenvalue weighted by atomic mass is 10.0. The molecule has 0 aliphatic carbocycles. The number of anilines is 1. The lowest BCUT2D eigenvalue weighted by Crippen LogP contribution is -2.23. The summed E-state index contributed by atoms with van der Waals surface area (Å²) in [7, 11) is 0. The summed E-state index contributed by atoms with van der Waals surface area (Å²) in [5.41, 5.74) is 5.22. The Bertz CT molecular complexity index is 981. The van der Waals surface area contributed by atoms with Gasteiger partial charge in [-0.05, 0) is 61.6 Å². The minimum atomic E-state index is -0.367. The highest BCUT2D eigenvalue weighted by atomic mass is 32.2. The summed E-state index contributed by atoms with van der Waals surface area (Å²) in [6, 6.07) is 13.9. The lowest BCUT2D eigenvalue weighted by Gasteiger charge is -2.15. The standard InChI is InChI=1S/C22H25N3O2S/c1-13(2)18-8-6-7-9-19(18)23-20(26)16(5)28-22-25-24-21(27-22)17-11-10-14(3)15(4)12-17/h6-13,16H,1-5H3,(H,23,26)/t16-/m0/s1. The Morgan fingerprint density at radius 2 is 1.79 bits per heavy atom. The van der Waals surface area contributed by atoms with E-state index in [2.05, 4.69) is 36.3 Å². The van der Waals surface area contributed by atoms with Crippen molar-refractivity contribution in [3.8, 4) is 11.5 Å². The minimum absolute atomic E-state index is 0.0935. The molecule has 0 aliphatic rings. The van der Waals surface area contributed by atoms with Crippen molar-refractivity contribution in [3.63, 3.8) is 0 Å². The Hall–Kier alpha value is -2.60. The molecule has 0 fully saturated rings. The molecular weight excluding hydrogens is 370 g/mol. The van der Waals surface area contributed by atoms with Crippen molar-refractivity contribution >= 4 is 23.4 Å². The van der Waals surface area contributed by atoms with Gasteiger partial charge in [0.1, 0.15) is 0 Å². The normalized spacial score (nSPS) is 12.2. The first-order valence-electron chi connectivity index (χ1n) is 9.32. The van der Waals surface area contributed by atoms with Crippen LogP contribution in [0.2, 0.25) is 0 Å². The van der Waals surface area contributed by atoms with Crippen LogP contribution in [-0.2, 0) is 4.79 Å². The molecule has 146 valence electrons. The van der Waals surface area contributed by atoms with Gasteiger partial charge in [0.05, 0.1) is 5.25 Å². The van der Waals surface area contributed by atoms with Gasteiger partial charge in [-0.1, -0.05) is 49.9 Å². The van der Waals surface area contributed by atoms with Crippen molar-refractivity contribution in [2.24, 2.45) is 0 Å². The fraction of sp³-hybridized carbons (Fsp3) is 0.318. The molecule has 28 heavy (non-hydrogen) atoms. The van der Waals surface area contributed by atoms with Gasteiger partial charge in [-0.25, -0.2) is 0 Å². The molecular formula is C22H25N3O2S. The molecule has 0 aliphatic heterocycles. The topological polar surface area (TPSA) is 68.0 Å². The zero-order valence-corrected chi connectivity index (χ0v) is 17.6. The van der Waals surface area contributed by atoms with Gasteiger partial charge in [0, 0.05) is 11.3 Å². The third kappa shape index (κ3) is 4.62. The highest BCUT2D eigenvalue weighted by Crippen LogP contribution is 2.29. The monoisotopic (exact) mass is 395 g/mol. The van der Waals surface area contributed by atoms with E-state index in [4.69, 9.17) is 4.42 Å². The van der Waals surface area contributed by atoms with Gasteiger partial charge in [-0.3, -0.25) is 4.79 Å². The predicted molar refractivity (Wildman–Crippen MR) is 114 cm³/mol. The van der Waals surface area contributed by atoms with E-state index in [0.29, 0.717) is 17.0 Å². The number of aromatic nitrogens is 2. The second-order valence-corrected chi connectivity index (χ2v) is 8.46. The minimum Gasteiger partial charge on any atom is -0.411 e. The van der Waals surface area contributed by atoms with Crippen LogP contribution in [0.3, 0.4) is 0 Å². The molecule has 1 amide bonds. The van der Waals surface area contributed by atoms with Gasteiger partial charge >= 0.3 is 0 Å². The molecule has 1 N–H and O–H groups in total. The molecule has 2 aromatic carbocycles. The highest BCUT2D eigenvalue weighted by Gasteiger charge is 2.20. The molecule has 0 saturated heterocycles. The summed E-state index contributed by atoms with van der Waals surface area (Å²) in [6.45, 7) is 10.2. The van der Waals surface area contributed by atoms with E-state index in [1.807, 2.05) is 56.3 Å². The molecule has 0 saturated carbocycles. The van der Waals surface area contributed by atoms with Gasteiger partial charge in [0.15, 0.2) is 0 Å². The molecule has 0 radical (unpaired) electrons. The molecule has 0 bridgehead atoms. The summed E-state index contributed by atoms with van der Waals surface area (Å²) in [6.07, 6.45) is 0. The Kier molecular flexibility index (Phi) is 6.19. The first-order valence-corrected chi connectivity index (χ1v) is 10.2. The molecule has 0 spiro atoms. The molecule has 3 rings (SSSR count). The Morgan fingerprint density at radius 3 is 2.50 bits per heavy atom. The van der Waals surface area contributed by atoms with Crippen LogP contribution >= 0.6 is 11.8 Å². The average Bonchev–Trinajstić information content (AvgIpc) is 3.12. The number of hydrogen-bond acceptors (Lipinski definition) is 5. The SMILES string of the molecule is Cc1ccc(-c2nnc(S[C@@H](C)C(=O)Nc3ccccc3C(C)C)o2)cc1C. The van der Waals surface area contributed by atoms with Crippen molar-refractivity contribution < 1.29 is 9.21 Å². The van der Waals surface area contributed by atoms with Gasteiger partial charge < -0.3 is 9.73 Å². The second-order valence-electron chi connectivity index (χ2n) is 7.16. The summed E-state index contributed by atoms with van der Waals surface area (Å²) in [5, 5.41) is 11.2. The predicted octanol–water partition coefficient (Wildman–Crippen LogP) is 5.60. The molecule has 1 heterocycles. The van der Waals surface area contributed by atoms with Gasteiger partial charge in [-0.2, -0.15) is 0 Å². The maximum atomic E-state index is 12.6. The van der Waals surface area contributed by atoms with Crippen LogP contribution in [0.1, 0.15) is 43.4 Å². The van der Waals surface area contributed by atoms with E-state index in [1.165, 1.54) is 22.9 Å². The van der Waals surface area contributed by atoms with E-state index < -0.39 is 0 Å². The van der Waals surface area contributed by atoms with Crippen LogP contribution in [0.25, 0.3) is 11.5 Å². The van der Waals surface area contributed by atoms with E-state index in [1.54, 1.807) is 0 Å². The zero-order chi connectivity index (χ0) is 20.3. The lowest BCUT2D eigenvalue weighted by molar-refractivity contribution is -0.115. The number of thioether (sulfide) groups is 1. The molecule has 6 heteroatoms. The first kappa shape index (κ1) is 20.1. The summed E-state index contributed by atoms with van der Waals surface area (Å²) in [5.74, 6) is 0.698. The number of benzene rings is 2. The highest BCUT2D eigenvalue weighted by molar-refractivity contribution is 8.00. The fourth-order valence-corrected chi connectivity index (χ4v) is 3.49. The molecule has 1 aromatic heterocycles. The summed E-state index contributed by atoms with van der Waals surface area (Å²) < 4.78 is 5.76. The van der Waals surface area contributed by atoms with Crippen molar-refractivity contribution in [1.82, 2.24) is 10.2 Å². The number of carbonyl (C=O) groups is 1. The number of para-hydroxylation sites is 1. The van der Waals surface area contributed by atoms with Gasteiger partial charge in [0.25, 0.3) is 5.22 Å². The third-order valence-electron chi connectivity index (χ3n) is 4.65.